The van der Waals surface area contributed by atoms with Gasteiger partial charge in [-0.3, -0.25) is 9.36 Å². The Bertz CT molecular complexity index is 1100. The lowest BCUT2D eigenvalue weighted by Crippen LogP contribution is -2.69. The maximum Gasteiger partial charge on any atom is 0.305 e. The van der Waals surface area contributed by atoms with Gasteiger partial charge in [0.2, 0.25) is 5.60 Å². The zero-order valence-electron chi connectivity index (χ0n) is 15.5. The summed E-state index contributed by atoms with van der Waals surface area (Å²) < 4.78 is 32.1. The van der Waals surface area contributed by atoms with Crippen LogP contribution in [0.2, 0.25) is 0 Å². The van der Waals surface area contributed by atoms with E-state index >= 15 is 0 Å². The predicted octanol–water partition coefficient (Wildman–Crippen LogP) is -3.89. The van der Waals surface area contributed by atoms with Crippen molar-refractivity contribution in [3.8, 4) is 0 Å². The molecule has 2 saturated heterocycles. The first kappa shape index (κ1) is 21.0. The van der Waals surface area contributed by atoms with E-state index in [1.807, 2.05) is 0 Å². The van der Waals surface area contributed by atoms with E-state index < -0.39 is 51.3 Å². The van der Waals surface area contributed by atoms with Crippen LogP contribution in [0.3, 0.4) is 0 Å². The van der Waals surface area contributed by atoms with Crippen LogP contribution >= 0.6 is 0 Å². The molecule has 164 valence electrons. The molecule has 2 aromatic rings. The van der Waals surface area contributed by atoms with Gasteiger partial charge in [0, 0.05) is 0 Å². The van der Waals surface area contributed by atoms with Crippen molar-refractivity contribution >= 4 is 32.8 Å². The first-order chi connectivity index (χ1) is 14.1. The standard InChI is InChI=1S/C15H21N7O7S/c16-12-9-13(20-5-19-12)22(6-21-9)15(30(17,27)28)14(26,11(25)8(4-23)29-15)10(24)7-2-1-3-18-7/h5-8,11,18,23,25-26H,1-4H2,(H2,16,19,20)(H2,17,27,28)/t7-,8+,11+,14+,15-/m0/s1. The predicted molar refractivity (Wildman–Crippen MR) is 99.8 cm³/mol. The number of nitrogens with one attached hydrogen (secondary N) is 1. The fourth-order valence-electron chi connectivity index (χ4n) is 4.16. The quantitative estimate of drug-likeness (QED) is 0.260. The molecule has 30 heavy (non-hydrogen) atoms. The van der Waals surface area contributed by atoms with E-state index in [4.69, 9.17) is 15.6 Å². The Hall–Kier alpha value is -2.27. The summed E-state index contributed by atoms with van der Waals surface area (Å²) in [6, 6.07) is -0.971. The maximum atomic E-state index is 13.4. The fraction of sp³-hybridized carbons (Fsp3) is 0.600. The molecule has 0 radical (unpaired) electrons. The van der Waals surface area contributed by atoms with Gasteiger partial charge in [-0.1, -0.05) is 0 Å². The third kappa shape index (κ3) is 2.54. The first-order valence-corrected chi connectivity index (χ1v) is 10.6. The highest BCUT2D eigenvalue weighted by atomic mass is 32.2. The number of hydrogen-bond acceptors (Lipinski definition) is 12. The number of carbonyl (C=O) groups excluding carboxylic acids is 1. The fourth-order valence-corrected chi connectivity index (χ4v) is 5.48. The number of Topliss-reactive ketones (excluding diaryl/α,β-unsaturated/α-hetero) is 1. The molecule has 2 fully saturated rings. The van der Waals surface area contributed by atoms with E-state index in [-0.39, 0.29) is 23.4 Å². The lowest BCUT2D eigenvalue weighted by Gasteiger charge is -2.40. The molecule has 14 nitrogen and oxygen atoms in total. The molecule has 2 aliphatic rings. The Labute approximate surface area is 169 Å². The number of rotatable bonds is 5. The number of ether oxygens (including phenoxy) is 1. The van der Waals surface area contributed by atoms with E-state index in [9.17, 15) is 28.5 Å². The molecule has 8 N–H and O–H groups in total. The zero-order valence-corrected chi connectivity index (χ0v) is 16.4. The molecule has 0 aromatic carbocycles. The lowest BCUT2D eigenvalue weighted by atomic mass is 9.84. The van der Waals surface area contributed by atoms with Crippen molar-refractivity contribution in [3.05, 3.63) is 12.7 Å². The van der Waals surface area contributed by atoms with Crippen molar-refractivity contribution in [2.24, 2.45) is 5.14 Å². The molecule has 2 aliphatic heterocycles. The second-order valence-electron chi connectivity index (χ2n) is 7.24. The topological polar surface area (TPSA) is 229 Å². The Morgan fingerprint density at radius 2 is 2.13 bits per heavy atom. The Kier molecular flexibility index (Phi) is 4.81. The number of aliphatic hydroxyl groups excluding tert-OH is 2. The smallest absolute Gasteiger partial charge is 0.305 e. The Morgan fingerprint density at radius 1 is 1.40 bits per heavy atom. The second kappa shape index (κ2) is 6.88. The van der Waals surface area contributed by atoms with Gasteiger partial charge < -0.3 is 31.1 Å². The minimum absolute atomic E-state index is 0.0418. The number of sulfonamides is 1. The van der Waals surface area contributed by atoms with Gasteiger partial charge in [-0.25, -0.2) is 28.5 Å². The molecular formula is C15H21N7O7S. The summed E-state index contributed by atoms with van der Waals surface area (Å²) in [5, 5.41) is 37.2. The van der Waals surface area contributed by atoms with Crippen LogP contribution in [-0.2, 0) is 24.6 Å². The van der Waals surface area contributed by atoms with Crippen LogP contribution in [-0.4, -0.2) is 86.0 Å². The molecule has 0 bridgehead atoms. The summed E-state index contributed by atoms with van der Waals surface area (Å²) in [7, 11) is -5.02. The lowest BCUT2D eigenvalue weighted by molar-refractivity contribution is -0.170. The van der Waals surface area contributed by atoms with Crippen LogP contribution in [0.25, 0.3) is 11.2 Å². The van der Waals surface area contributed by atoms with Gasteiger partial charge in [0.1, 0.15) is 30.4 Å². The zero-order chi connectivity index (χ0) is 21.9. The van der Waals surface area contributed by atoms with Crippen molar-refractivity contribution in [2.45, 2.75) is 41.7 Å². The molecule has 0 aliphatic carbocycles. The summed E-state index contributed by atoms with van der Waals surface area (Å²) in [6.45, 7) is -0.455. The number of ketones is 1. The number of primary sulfonamides is 1. The molecule has 5 atom stereocenters. The molecule has 0 amide bonds. The number of aromatic nitrogens is 4. The van der Waals surface area contributed by atoms with E-state index in [1.54, 1.807) is 0 Å². The SMILES string of the molecule is Nc1ncnc2c1ncn2[C@]1(S(N)(=O)=O)O[C@H](CO)[C@@H](O)[C@]1(O)C(=O)[C@@H]1CCCN1. The maximum absolute atomic E-state index is 13.4. The monoisotopic (exact) mass is 443 g/mol. The van der Waals surface area contributed by atoms with Crippen molar-refractivity contribution in [2.75, 3.05) is 18.9 Å². The van der Waals surface area contributed by atoms with Crippen molar-refractivity contribution < 1.29 is 33.3 Å². The number of nitrogens with zero attached hydrogens (tertiary/aromatic N) is 4. The van der Waals surface area contributed by atoms with Gasteiger partial charge in [-0.2, -0.15) is 0 Å². The van der Waals surface area contributed by atoms with Crippen LogP contribution in [0.4, 0.5) is 5.82 Å². The Morgan fingerprint density at radius 3 is 2.73 bits per heavy atom. The van der Waals surface area contributed by atoms with Gasteiger partial charge in [0.25, 0.3) is 10.0 Å². The number of anilines is 1. The van der Waals surface area contributed by atoms with Crippen LogP contribution in [0, 0.1) is 0 Å². The number of imidazole rings is 1. The summed E-state index contributed by atoms with van der Waals surface area (Å²) >= 11 is 0. The highest BCUT2D eigenvalue weighted by Crippen LogP contribution is 2.49. The molecular weight excluding hydrogens is 422 g/mol. The van der Waals surface area contributed by atoms with E-state index in [0.717, 1.165) is 17.2 Å². The van der Waals surface area contributed by atoms with E-state index in [0.29, 0.717) is 13.0 Å². The highest BCUT2D eigenvalue weighted by molar-refractivity contribution is 7.89. The minimum Gasteiger partial charge on any atom is -0.394 e. The van der Waals surface area contributed by atoms with Crippen LogP contribution in [0.15, 0.2) is 12.7 Å². The molecule has 0 spiro atoms. The molecule has 15 heteroatoms. The number of aliphatic hydroxyl groups is 3. The van der Waals surface area contributed by atoms with Gasteiger partial charge in [0.05, 0.1) is 12.6 Å². The number of hydrogen-bond donors (Lipinski definition) is 6. The first-order valence-electron chi connectivity index (χ1n) is 9.02. The molecule has 4 heterocycles. The van der Waals surface area contributed by atoms with E-state index in [2.05, 4.69) is 20.3 Å². The van der Waals surface area contributed by atoms with Gasteiger partial charge in [-0.15, -0.1) is 0 Å². The molecule has 0 unspecified atom stereocenters. The number of fused-ring (bicyclic) bond motifs is 1. The van der Waals surface area contributed by atoms with Crippen molar-refractivity contribution in [1.82, 2.24) is 24.8 Å². The molecule has 4 rings (SSSR count). The average Bonchev–Trinajstić information content (AvgIpc) is 3.41. The normalized spacial score (nSPS) is 34.6. The number of nitrogens with two attached hydrogens (primary N) is 2. The molecule has 2 aromatic heterocycles. The second-order valence-corrected chi connectivity index (χ2v) is 8.88. The summed E-state index contributed by atoms with van der Waals surface area (Å²) in [4.78, 5) is 25.0. The van der Waals surface area contributed by atoms with Crippen LogP contribution in [0.5, 0.6) is 0 Å². The van der Waals surface area contributed by atoms with Gasteiger partial charge >= 0.3 is 5.06 Å². The Balaban J connectivity index is 2.05. The average molecular weight is 443 g/mol. The van der Waals surface area contributed by atoms with Crippen LogP contribution in [0.1, 0.15) is 12.8 Å². The minimum atomic E-state index is -5.02. The van der Waals surface area contributed by atoms with Crippen molar-refractivity contribution in [3.63, 3.8) is 0 Å². The molecule has 0 saturated carbocycles. The largest absolute Gasteiger partial charge is 0.394 e. The summed E-state index contributed by atoms with van der Waals surface area (Å²) in [6.07, 6.45) is -0.985. The summed E-state index contributed by atoms with van der Waals surface area (Å²) in [5.41, 5.74) is 2.39. The van der Waals surface area contributed by atoms with E-state index in [1.165, 1.54) is 0 Å². The third-order valence-corrected chi connectivity index (χ3v) is 6.95. The van der Waals surface area contributed by atoms with Gasteiger partial charge in [-0.05, 0) is 19.4 Å². The van der Waals surface area contributed by atoms with Crippen LogP contribution < -0.4 is 16.2 Å². The summed E-state index contributed by atoms with van der Waals surface area (Å²) in [5.74, 6) is -1.16. The number of nitrogen functional groups attached to an aromatic ring is 1. The third-order valence-electron chi connectivity index (χ3n) is 5.57. The number of carbonyl (C=O) groups is 1. The van der Waals surface area contributed by atoms with Crippen molar-refractivity contribution in [1.29, 1.82) is 0 Å². The van der Waals surface area contributed by atoms with Gasteiger partial charge in [0.15, 0.2) is 17.2 Å². The highest BCUT2D eigenvalue weighted by Gasteiger charge is 2.76.